The molecule has 0 aliphatic carbocycles. The minimum atomic E-state index is -0.625. The maximum Gasteiger partial charge on any atom is 0.245 e. The number of carbonyl (C=O) groups excluding carboxylic acids is 2. The zero-order valence-corrected chi connectivity index (χ0v) is 5.11. The van der Waals surface area contributed by atoms with Crippen molar-refractivity contribution < 1.29 is 9.59 Å². The molecule has 0 aromatic rings. The van der Waals surface area contributed by atoms with Crippen LogP contribution in [0.4, 0.5) is 0 Å². The highest BCUT2D eigenvalue weighted by molar-refractivity contribution is 6.66. The summed E-state index contributed by atoms with van der Waals surface area (Å²) >= 11 is 4.84. The summed E-state index contributed by atoms with van der Waals surface area (Å²) in [6.07, 6.45) is 2.14. The lowest BCUT2D eigenvalue weighted by Crippen LogP contribution is -1.82. The number of allylic oxidation sites excluding steroid dienone is 2. The number of ketones is 1. The van der Waals surface area contributed by atoms with Crippen molar-refractivity contribution in [1.29, 1.82) is 0 Å². The van der Waals surface area contributed by atoms with E-state index in [1.54, 1.807) is 0 Å². The molecule has 0 rings (SSSR count). The van der Waals surface area contributed by atoms with E-state index in [2.05, 4.69) is 0 Å². The van der Waals surface area contributed by atoms with Gasteiger partial charge < -0.3 is 0 Å². The van der Waals surface area contributed by atoms with Gasteiger partial charge in [0.2, 0.25) is 5.24 Å². The third-order valence-corrected chi connectivity index (χ3v) is 0.575. The van der Waals surface area contributed by atoms with E-state index in [0.29, 0.717) is 0 Å². The summed E-state index contributed by atoms with van der Waals surface area (Å²) < 4.78 is 0. The van der Waals surface area contributed by atoms with Crippen LogP contribution in [0.5, 0.6) is 0 Å². The monoisotopic (exact) mass is 132 g/mol. The fourth-order valence-corrected chi connectivity index (χ4v) is 0.246. The molecule has 2 nitrogen and oxygen atoms in total. The van der Waals surface area contributed by atoms with Gasteiger partial charge >= 0.3 is 0 Å². The van der Waals surface area contributed by atoms with Gasteiger partial charge in [0.25, 0.3) is 0 Å². The smallest absolute Gasteiger partial charge is 0.245 e. The van der Waals surface area contributed by atoms with E-state index in [-0.39, 0.29) is 5.78 Å². The van der Waals surface area contributed by atoms with Gasteiger partial charge in [0.05, 0.1) is 0 Å². The molecule has 0 aromatic heterocycles. The molecule has 8 heavy (non-hydrogen) atoms. The van der Waals surface area contributed by atoms with Crippen molar-refractivity contribution in [3.05, 3.63) is 12.2 Å². The highest BCUT2D eigenvalue weighted by Crippen LogP contribution is 1.81. The maximum absolute atomic E-state index is 10.1. The van der Waals surface area contributed by atoms with E-state index in [4.69, 9.17) is 11.6 Å². The molecule has 0 aliphatic rings. The first-order valence-corrected chi connectivity index (χ1v) is 2.39. The zero-order chi connectivity index (χ0) is 6.57. The normalized spacial score (nSPS) is 9.75. The lowest BCUT2D eigenvalue weighted by molar-refractivity contribution is -0.113. The molecular weight excluding hydrogens is 128 g/mol. The minimum absolute atomic E-state index is 0.181. The van der Waals surface area contributed by atoms with Crippen molar-refractivity contribution in [2.24, 2.45) is 0 Å². The number of rotatable bonds is 2. The quantitative estimate of drug-likeness (QED) is 0.413. The fourth-order valence-electron chi connectivity index (χ4n) is 0.183. The van der Waals surface area contributed by atoms with E-state index in [1.165, 1.54) is 6.92 Å². The topological polar surface area (TPSA) is 34.1 Å². The van der Waals surface area contributed by atoms with Gasteiger partial charge in [0.15, 0.2) is 5.78 Å². The van der Waals surface area contributed by atoms with Gasteiger partial charge in [-0.25, -0.2) is 0 Å². The number of halogens is 1. The summed E-state index contributed by atoms with van der Waals surface area (Å²) in [4.78, 5) is 19.9. The summed E-state index contributed by atoms with van der Waals surface area (Å²) in [5.74, 6) is -0.181. The van der Waals surface area contributed by atoms with Crippen LogP contribution in [-0.4, -0.2) is 11.0 Å². The van der Waals surface area contributed by atoms with Gasteiger partial charge in [-0.15, -0.1) is 0 Å². The fraction of sp³-hybridized carbons (Fsp3) is 0.200. The van der Waals surface area contributed by atoms with Crippen LogP contribution in [-0.2, 0) is 9.59 Å². The molecule has 0 saturated heterocycles. The Hall–Kier alpha value is -0.630. The lowest BCUT2D eigenvalue weighted by atomic mass is 10.4. The van der Waals surface area contributed by atoms with Crippen LogP contribution < -0.4 is 0 Å². The third-order valence-electron chi connectivity index (χ3n) is 0.449. The largest absolute Gasteiger partial charge is 0.295 e. The Labute approximate surface area is 52.1 Å². The molecule has 0 unspecified atom stereocenters. The van der Waals surface area contributed by atoms with Crippen molar-refractivity contribution in [2.45, 2.75) is 6.92 Å². The molecule has 3 heteroatoms. The molecule has 0 aliphatic heterocycles. The first kappa shape index (κ1) is 7.37. The van der Waals surface area contributed by atoms with E-state index in [9.17, 15) is 9.59 Å². The van der Waals surface area contributed by atoms with Gasteiger partial charge in [0, 0.05) is 6.08 Å². The van der Waals surface area contributed by atoms with E-state index in [1.807, 2.05) is 0 Å². The molecule has 0 saturated carbocycles. The van der Waals surface area contributed by atoms with Gasteiger partial charge in [-0.1, -0.05) is 0 Å². The lowest BCUT2D eigenvalue weighted by Gasteiger charge is -1.73. The van der Waals surface area contributed by atoms with Crippen LogP contribution in [0.3, 0.4) is 0 Å². The SMILES string of the molecule is CC(=O)C=CC(=O)Cl. The second kappa shape index (κ2) is 3.38. The Morgan fingerprint density at radius 2 is 1.88 bits per heavy atom. The van der Waals surface area contributed by atoms with Crippen molar-refractivity contribution in [3.63, 3.8) is 0 Å². The first-order valence-electron chi connectivity index (χ1n) is 2.01. The summed E-state index contributed by atoms with van der Waals surface area (Å²) in [6, 6.07) is 0. The van der Waals surface area contributed by atoms with E-state index in [0.717, 1.165) is 12.2 Å². The second-order valence-corrected chi connectivity index (χ2v) is 1.62. The van der Waals surface area contributed by atoms with Crippen LogP contribution in [0.1, 0.15) is 6.92 Å². The summed E-state index contributed by atoms with van der Waals surface area (Å²) in [5, 5.41) is -0.625. The van der Waals surface area contributed by atoms with Crippen LogP contribution in [0, 0.1) is 0 Å². The average Bonchev–Trinajstić information content (AvgIpc) is 1.61. The highest BCUT2D eigenvalue weighted by Gasteiger charge is 1.85. The highest BCUT2D eigenvalue weighted by atomic mass is 35.5. The van der Waals surface area contributed by atoms with Gasteiger partial charge in [-0.3, -0.25) is 9.59 Å². The molecule has 0 radical (unpaired) electrons. The maximum atomic E-state index is 10.1. The molecule has 0 N–H and O–H groups in total. The minimum Gasteiger partial charge on any atom is -0.295 e. The van der Waals surface area contributed by atoms with E-state index < -0.39 is 5.24 Å². The standard InChI is InChI=1S/C5H5ClO2/c1-4(7)2-3-5(6)8/h2-3H,1H3. The molecule has 0 atom stereocenters. The third kappa shape index (κ3) is 5.37. The van der Waals surface area contributed by atoms with E-state index >= 15 is 0 Å². The van der Waals surface area contributed by atoms with Crippen LogP contribution in [0.25, 0.3) is 0 Å². The van der Waals surface area contributed by atoms with Crippen LogP contribution in [0.2, 0.25) is 0 Å². The van der Waals surface area contributed by atoms with Crippen LogP contribution >= 0.6 is 11.6 Å². The van der Waals surface area contributed by atoms with Crippen molar-refractivity contribution in [1.82, 2.24) is 0 Å². The Bertz CT molecular complexity index is 121. The summed E-state index contributed by atoms with van der Waals surface area (Å²) in [6.45, 7) is 1.34. The Morgan fingerprint density at radius 1 is 1.38 bits per heavy atom. The summed E-state index contributed by atoms with van der Waals surface area (Å²) in [7, 11) is 0. The van der Waals surface area contributed by atoms with Crippen molar-refractivity contribution in [3.8, 4) is 0 Å². The molecular formula is C5H5ClO2. The van der Waals surface area contributed by atoms with Gasteiger partial charge in [0.1, 0.15) is 0 Å². The Balaban J connectivity index is 3.67. The Kier molecular flexibility index (Phi) is 3.12. The van der Waals surface area contributed by atoms with Gasteiger partial charge in [-0.2, -0.15) is 0 Å². The molecule has 0 fully saturated rings. The predicted octanol–water partition coefficient (Wildman–Crippen LogP) is 0.897. The molecule has 0 amide bonds. The van der Waals surface area contributed by atoms with Crippen LogP contribution in [0.15, 0.2) is 12.2 Å². The molecule has 44 valence electrons. The summed E-state index contributed by atoms with van der Waals surface area (Å²) in [5.41, 5.74) is 0. The Morgan fingerprint density at radius 3 is 2.00 bits per heavy atom. The molecule has 0 aromatic carbocycles. The second-order valence-electron chi connectivity index (χ2n) is 1.25. The number of carbonyl (C=O) groups is 2. The first-order chi connectivity index (χ1) is 3.63. The molecule has 0 spiro atoms. The van der Waals surface area contributed by atoms with Crippen molar-refractivity contribution >= 4 is 22.6 Å². The molecule has 0 heterocycles. The van der Waals surface area contributed by atoms with Gasteiger partial charge in [-0.05, 0) is 24.6 Å². The van der Waals surface area contributed by atoms with Crippen molar-refractivity contribution in [2.75, 3.05) is 0 Å². The zero-order valence-electron chi connectivity index (χ0n) is 4.35. The molecule has 0 bridgehead atoms. The predicted molar refractivity (Wildman–Crippen MR) is 30.7 cm³/mol. The number of hydrogen-bond acceptors (Lipinski definition) is 2. The number of hydrogen-bond donors (Lipinski definition) is 0. The average molecular weight is 133 g/mol.